The Morgan fingerprint density at radius 3 is 2.36 bits per heavy atom. The molecule has 0 saturated carbocycles. The summed E-state index contributed by atoms with van der Waals surface area (Å²) in [5.74, 6) is 1.00. The molecule has 4 rings (SSSR count). The van der Waals surface area contributed by atoms with E-state index >= 15 is 0 Å². The lowest BCUT2D eigenvalue weighted by Gasteiger charge is -2.16. The summed E-state index contributed by atoms with van der Waals surface area (Å²) in [6.07, 6.45) is 0. The van der Waals surface area contributed by atoms with E-state index in [1.165, 1.54) is 0 Å². The van der Waals surface area contributed by atoms with Gasteiger partial charge in [0.25, 0.3) is 0 Å². The van der Waals surface area contributed by atoms with Crippen molar-refractivity contribution in [1.82, 2.24) is 0 Å². The molecule has 0 spiro atoms. The van der Waals surface area contributed by atoms with Crippen LogP contribution in [0, 0.1) is 4.91 Å². The van der Waals surface area contributed by atoms with Crippen molar-refractivity contribution < 1.29 is 9.47 Å². The normalized spacial score (nSPS) is 10.8. The van der Waals surface area contributed by atoms with Crippen LogP contribution in [0.1, 0.15) is 16.7 Å². The summed E-state index contributed by atoms with van der Waals surface area (Å²) < 4.78 is 13.0. The zero-order valence-corrected chi connectivity index (χ0v) is 22.1. The number of halogens is 3. The van der Waals surface area contributed by atoms with Gasteiger partial charge in [-0.15, -0.1) is 4.91 Å². The maximum atomic E-state index is 10.8. The highest BCUT2D eigenvalue weighted by atomic mass is 79.9. The Bertz CT molecular complexity index is 1420. The van der Waals surface area contributed by atoms with Gasteiger partial charge < -0.3 is 20.9 Å². The summed E-state index contributed by atoms with van der Waals surface area (Å²) in [5, 5.41) is 3.98. The monoisotopic (exact) mass is 585 g/mol. The summed E-state index contributed by atoms with van der Waals surface area (Å²) >= 11 is 16.4. The first-order chi connectivity index (χ1) is 17.4. The van der Waals surface area contributed by atoms with Crippen LogP contribution >= 0.6 is 39.1 Å². The van der Waals surface area contributed by atoms with Crippen molar-refractivity contribution in [1.29, 1.82) is 0 Å². The summed E-state index contributed by atoms with van der Waals surface area (Å²) in [7, 11) is 0. The Labute approximate surface area is 227 Å². The van der Waals surface area contributed by atoms with Crippen LogP contribution in [0.25, 0.3) is 11.1 Å². The third-order valence-electron chi connectivity index (χ3n) is 5.52. The minimum Gasteiger partial charge on any atom is -0.488 e. The fraction of sp³-hybridized carbons (Fsp3) is 0.111. The molecular weight excluding hydrogens is 565 g/mol. The predicted octanol–water partition coefficient (Wildman–Crippen LogP) is 8.02. The van der Waals surface area contributed by atoms with Gasteiger partial charge in [0.15, 0.2) is 0 Å². The number of rotatable bonds is 9. The van der Waals surface area contributed by atoms with Crippen LogP contribution in [0.15, 0.2) is 82.4 Å². The maximum Gasteiger partial charge on any atom is 0.142 e. The second kappa shape index (κ2) is 11.8. The van der Waals surface area contributed by atoms with Crippen molar-refractivity contribution in [3.63, 3.8) is 0 Å². The van der Waals surface area contributed by atoms with Crippen molar-refractivity contribution in [2.75, 3.05) is 5.73 Å². The van der Waals surface area contributed by atoms with E-state index in [1.54, 1.807) is 30.3 Å². The van der Waals surface area contributed by atoms with Crippen LogP contribution in [0.5, 0.6) is 11.5 Å². The molecule has 0 unspecified atom stereocenters. The van der Waals surface area contributed by atoms with Crippen LogP contribution in [0.3, 0.4) is 0 Å². The van der Waals surface area contributed by atoms with E-state index in [0.29, 0.717) is 21.5 Å². The molecule has 0 aliphatic carbocycles. The highest BCUT2D eigenvalue weighted by Crippen LogP contribution is 2.36. The zero-order chi connectivity index (χ0) is 25.7. The first-order valence-electron chi connectivity index (χ1n) is 10.9. The number of nitroso groups, excluding NO2 is 1. The van der Waals surface area contributed by atoms with E-state index in [1.807, 2.05) is 42.5 Å². The number of anilines is 1. The van der Waals surface area contributed by atoms with Gasteiger partial charge in [0, 0.05) is 33.2 Å². The van der Waals surface area contributed by atoms with Gasteiger partial charge >= 0.3 is 0 Å². The molecule has 0 atom stereocenters. The van der Waals surface area contributed by atoms with Gasteiger partial charge in [0.05, 0.1) is 10.7 Å². The summed E-state index contributed by atoms with van der Waals surface area (Å²) in [5.41, 5.74) is 16.7. The molecule has 0 aromatic heterocycles. The average Bonchev–Trinajstić information content (AvgIpc) is 2.87. The van der Waals surface area contributed by atoms with E-state index in [-0.39, 0.29) is 31.1 Å². The molecule has 0 amide bonds. The van der Waals surface area contributed by atoms with Gasteiger partial charge in [0.1, 0.15) is 30.4 Å². The van der Waals surface area contributed by atoms with E-state index in [0.717, 1.165) is 32.3 Å². The lowest BCUT2D eigenvalue weighted by Crippen LogP contribution is -2.05. The highest BCUT2D eigenvalue weighted by molar-refractivity contribution is 9.10. The van der Waals surface area contributed by atoms with Crippen LogP contribution in [0.4, 0.5) is 11.4 Å². The molecule has 4 aromatic carbocycles. The zero-order valence-electron chi connectivity index (χ0n) is 19.0. The average molecular weight is 587 g/mol. The molecule has 0 fully saturated rings. The third kappa shape index (κ3) is 5.99. The first kappa shape index (κ1) is 26.0. The van der Waals surface area contributed by atoms with Crippen molar-refractivity contribution >= 4 is 50.5 Å². The lowest BCUT2D eigenvalue weighted by molar-refractivity contribution is 0.288. The molecule has 4 N–H and O–H groups in total. The van der Waals surface area contributed by atoms with Crippen molar-refractivity contribution in [3.05, 3.63) is 109 Å². The van der Waals surface area contributed by atoms with Gasteiger partial charge in [-0.05, 0) is 68.1 Å². The van der Waals surface area contributed by atoms with Gasteiger partial charge in [-0.2, -0.15) is 0 Å². The van der Waals surface area contributed by atoms with Gasteiger partial charge in [-0.1, -0.05) is 59.6 Å². The quantitative estimate of drug-likeness (QED) is 0.153. The molecule has 4 aromatic rings. The number of hydrogen-bond acceptors (Lipinski definition) is 6. The Morgan fingerprint density at radius 2 is 1.64 bits per heavy atom. The summed E-state index contributed by atoms with van der Waals surface area (Å²) in [4.78, 5) is 10.8. The smallest absolute Gasteiger partial charge is 0.142 e. The predicted molar refractivity (Wildman–Crippen MR) is 149 cm³/mol. The number of hydrogen-bond donors (Lipinski definition) is 2. The molecule has 0 radical (unpaired) electrons. The highest BCUT2D eigenvalue weighted by Gasteiger charge is 2.14. The van der Waals surface area contributed by atoms with E-state index in [4.69, 9.17) is 44.1 Å². The van der Waals surface area contributed by atoms with Gasteiger partial charge in [-0.25, -0.2) is 0 Å². The molecule has 0 heterocycles. The van der Waals surface area contributed by atoms with Gasteiger partial charge in [-0.3, -0.25) is 0 Å². The first-order valence-corrected chi connectivity index (χ1v) is 12.5. The SMILES string of the molecule is NCc1cc(Cl)c(OCc2cccc(-c3cccc(Cl)c3)c2Br)cc1OCc1ccc(N=O)c(N)c1. The second-order valence-corrected chi connectivity index (χ2v) is 9.58. The second-order valence-electron chi connectivity index (χ2n) is 7.95. The van der Waals surface area contributed by atoms with E-state index in [2.05, 4.69) is 21.1 Å². The van der Waals surface area contributed by atoms with Crippen molar-refractivity contribution in [2.45, 2.75) is 19.8 Å². The summed E-state index contributed by atoms with van der Waals surface area (Å²) in [6.45, 7) is 0.718. The Balaban J connectivity index is 1.53. The minimum absolute atomic E-state index is 0.189. The number of nitrogens with zero attached hydrogens (tertiary/aromatic N) is 1. The standard InChI is InChI=1S/C27H22BrCl2N3O3/c28-27-18(4-2-6-21(27)17-3-1-5-20(29)10-17)15-36-26-12-25(19(13-31)11-22(26)30)35-14-16-7-8-24(33-34)23(32)9-16/h1-12H,13-15,31-32H2. The van der Waals surface area contributed by atoms with Crippen LogP contribution < -0.4 is 20.9 Å². The topological polar surface area (TPSA) is 99.9 Å². The van der Waals surface area contributed by atoms with Crippen LogP contribution in [-0.2, 0) is 19.8 Å². The van der Waals surface area contributed by atoms with Crippen molar-refractivity contribution in [3.8, 4) is 22.6 Å². The molecule has 6 nitrogen and oxygen atoms in total. The Morgan fingerprint density at radius 1 is 0.861 bits per heavy atom. The Kier molecular flexibility index (Phi) is 8.48. The van der Waals surface area contributed by atoms with Crippen LogP contribution in [0.2, 0.25) is 10.0 Å². The van der Waals surface area contributed by atoms with E-state index in [9.17, 15) is 4.91 Å². The van der Waals surface area contributed by atoms with E-state index < -0.39 is 0 Å². The maximum absolute atomic E-state index is 10.8. The minimum atomic E-state index is 0.189. The molecule has 0 saturated heterocycles. The molecule has 0 aliphatic rings. The molecule has 36 heavy (non-hydrogen) atoms. The largest absolute Gasteiger partial charge is 0.488 e. The van der Waals surface area contributed by atoms with Gasteiger partial charge in [0.2, 0.25) is 0 Å². The van der Waals surface area contributed by atoms with Crippen LogP contribution in [-0.4, -0.2) is 0 Å². The number of ether oxygens (including phenoxy) is 2. The fourth-order valence-corrected chi connectivity index (χ4v) is 4.68. The summed E-state index contributed by atoms with van der Waals surface area (Å²) in [6, 6.07) is 22.0. The molecule has 184 valence electrons. The third-order valence-corrected chi connectivity index (χ3v) is 6.98. The molecule has 0 bridgehead atoms. The number of benzene rings is 4. The molecule has 9 heteroatoms. The van der Waals surface area contributed by atoms with Crippen molar-refractivity contribution in [2.24, 2.45) is 10.9 Å². The molecular formula is C27H22BrCl2N3O3. The lowest BCUT2D eigenvalue weighted by atomic mass is 10.0. The number of nitrogens with two attached hydrogens (primary N) is 2. The molecule has 0 aliphatic heterocycles. The number of nitrogen functional groups attached to an aromatic ring is 1. The fourth-order valence-electron chi connectivity index (χ4n) is 3.64. The Hall–Kier alpha value is -3.10.